The van der Waals surface area contributed by atoms with Crippen LogP contribution < -0.4 is 4.72 Å². The van der Waals surface area contributed by atoms with Crippen molar-refractivity contribution in [2.24, 2.45) is 0 Å². The number of esters is 1. The number of nitrogens with zero attached hydrogens (tertiary/aromatic N) is 1. The minimum absolute atomic E-state index is 0.252. The summed E-state index contributed by atoms with van der Waals surface area (Å²) in [4.78, 5) is 14.6. The van der Waals surface area contributed by atoms with Crippen LogP contribution >= 0.6 is 0 Å². The maximum atomic E-state index is 11.7. The molecule has 1 N–H and O–H groups in total. The Morgan fingerprint density at radius 2 is 1.42 bits per heavy atom. The first kappa shape index (κ1) is 24.5. The number of carbonyl (C=O) groups is 1. The zero-order valence-corrected chi connectivity index (χ0v) is 17.1. The average molecular weight is 387 g/mol. The molecule has 0 saturated heterocycles. The predicted molar refractivity (Wildman–Crippen MR) is 105 cm³/mol. The van der Waals surface area contributed by atoms with Gasteiger partial charge in [-0.3, -0.25) is 4.79 Å². The Balaban J connectivity index is 3.60. The van der Waals surface area contributed by atoms with E-state index in [2.05, 4.69) is 11.8 Å². The van der Waals surface area contributed by atoms with Gasteiger partial charge in [0.2, 0.25) is 10.0 Å². The summed E-state index contributed by atoms with van der Waals surface area (Å²) in [6.45, 7) is 9.38. The largest absolute Gasteiger partial charge is 0.471 e. The van der Waals surface area contributed by atoms with Gasteiger partial charge in [0.1, 0.15) is 0 Å². The van der Waals surface area contributed by atoms with Crippen LogP contribution in [0.5, 0.6) is 0 Å². The van der Waals surface area contributed by atoms with Crippen molar-refractivity contribution >= 4 is 16.0 Å². The van der Waals surface area contributed by atoms with Gasteiger partial charge in [0.05, 0.1) is 19.4 Å². The molecule has 0 aromatic carbocycles. The van der Waals surface area contributed by atoms with Crippen LogP contribution in [-0.4, -0.2) is 27.2 Å². The monoisotopic (exact) mass is 386 g/mol. The molecular formula is C19H34N2O4S. The van der Waals surface area contributed by atoms with E-state index in [9.17, 15) is 13.2 Å². The number of carbonyl (C=O) groups excluding carboxylic acids is 1. The molecule has 0 spiro atoms. The van der Waals surface area contributed by atoms with E-state index in [0.29, 0.717) is 0 Å². The molecule has 0 heterocycles. The van der Waals surface area contributed by atoms with Crippen molar-refractivity contribution in [3.63, 3.8) is 0 Å². The SMILES string of the molecule is [C-]#[N+]C(=CNS(C)(=O)=O)C(=O)OCCCCCCCCCCCCCC. The van der Waals surface area contributed by atoms with E-state index in [1.165, 1.54) is 57.8 Å². The molecule has 0 aliphatic carbocycles. The zero-order valence-electron chi connectivity index (χ0n) is 16.3. The topological polar surface area (TPSA) is 76.8 Å². The first-order valence-electron chi connectivity index (χ1n) is 9.62. The van der Waals surface area contributed by atoms with E-state index in [0.717, 1.165) is 31.7 Å². The van der Waals surface area contributed by atoms with Crippen LogP contribution in [-0.2, 0) is 19.6 Å². The van der Waals surface area contributed by atoms with Gasteiger partial charge in [0.25, 0.3) is 5.70 Å². The van der Waals surface area contributed by atoms with Crippen LogP contribution in [0.4, 0.5) is 0 Å². The van der Waals surface area contributed by atoms with E-state index in [-0.39, 0.29) is 12.3 Å². The molecule has 0 atom stereocenters. The second-order valence-corrected chi connectivity index (χ2v) is 8.34. The van der Waals surface area contributed by atoms with E-state index >= 15 is 0 Å². The molecular weight excluding hydrogens is 352 g/mol. The molecule has 0 unspecified atom stereocenters. The second-order valence-electron chi connectivity index (χ2n) is 6.56. The molecule has 150 valence electrons. The van der Waals surface area contributed by atoms with Crippen LogP contribution in [0.1, 0.15) is 84.0 Å². The Labute approximate surface area is 159 Å². The number of sulfonamides is 1. The highest BCUT2D eigenvalue weighted by atomic mass is 32.2. The van der Waals surface area contributed by atoms with Crippen molar-refractivity contribution in [1.29, 1.82) is 0 Å². The minimum Gasteiger partial charge on any atom is -0.471 e. The van der Waals surface area contributed by atoms with Gasteiger partial charge in [-0.1, -0.05) is 77.6 Å². The first-order valence-corrected chi connectivity index (χ1v) is 11.5. The van der Waals surface area contributed by atoms with E-state index in [1.54, 1.807) is 0 Å². The van der Waals surface area contributed by atoms with Crippen molar-refractivity contribution < 1.29 is 17.9 Å². The smallest absolute Gasteiger partial charge is 0.337 e. The average Bonchev–Trinajstić information content (AvgIpc) is 2.58. The normalized spacial score (nSPS) is 11.8. The van der Waals surface area contributed by atoms with Gasteiger partial charge in [0.15, 0.2) is 0 Å². The van der Waals surface area contributed by atoms with Crippen molar-refractivity contribution in [2.75, 3.05) is 12.9 Å². The molecule has 0 aromatic heterocycles. The molecule has 0 radical (unpaired) electrons. The van der Waals surface area contributed by atoms with Gasteiger partial charge in [-0.2, -0.15) is 0 Å². The van der Waals surface area contributed by atoms with E-state index < -0.39 is 16.0 Å². The van der Waals surface area contributed by atoms with Gasteiger partial charge >= 0.3 is 5.97 Å². The van der Waals surface area contributed by atoms with Crippen molar-refractivity contribution in [1.82, 2.24) is 4.72 Å². The lowest BCUT2D eigenvalue weighted by molar-refractivity contribution is -0.138. The van der Waals surface area contributed by atoms with E-state index in [1.807, 2.05) is 4.72 Å². The molecule has 0 amide bonds. The standard InChI is InChI=1S/C19H34N2O4S/c1-4-5-6-7-8-9-10-11-12-13-14-15-16-25-19(22)18(20-2)17-21-26(3,23)24/h17,21H,4-16H2,1,3H3. The Bertz CT molecular complexity index is 550. The maximum absolute atomic E-state index is 11.7. The number of nitrogens with one attached hydrogen (secondary N) is 1. The van der Waals surface area contributed by atoms with Gasteiger partial charge in [-0.05, 0) is 6.42 Å². The number of hydrogen-bond donors (Lipinski definition) is 1. The predicted octanol–water partition coefficient (Wildman–Crippen LogP) is 4.54. The summed E-state index contributed by atoms with van der Waals surface area (Å²) in [6, 6.07) is 0. The third kappa shape index (κ3) is 15.9. The molecule has 0 rings (SSSR count). The summed E-state index contributed by atoms with van der Waals surface area (Å²) < 4.78 is 28.9. The third-order valence-corrected chi connectivity index (χ3v) is 4.52. The summed E-state index contributed by atoms with van der Waals surface area (Å²) in [7, 11) is -3.49. The number of rotatable bonds is 16. The quantitative estimate of drug-likeness (QED) is 0.183. The zero-order chi connectivity index (χ0) is 19.7. The lowest BCUT2D eigenvalue weighted by atomic mass is 10.1. The van der Waals surface area contributed by atoms with Crippen LogP contribution in [0.15, 0.2) is 11.9 Å². The number of ether oxygens (including phenoxy) is 1. The lowest BCUT2D eigenvalue weighted by Crippen LogP contribution is -2.18. The fourth-order valence-corrected chi connectivity index (χ4v) is 2.81. The molecule has 0 fully saturated rings. The molecule has 0 saturated carbocycles. The summed E-state index contributed by atoms with van der Waals surface area (Å²) in [5, 5.41) is 0. The third-order valence-electron chi connectivity index (χ3n) is 3.97. The highest BCUT2D eigenvalue weighted by Crippen LogP contribution is 2.12. The maximum Gasteiger partial charge on any atom is 0.337 e. The van der Waals surface area contributed by atoms with Crippen molar-refractivity contribution in [3.8, 4) is 0 Å². The molecule has 7 heteroatoms. The van der Waals surface area contributed by atoms with Gasteiger partial charge in [-0.25, -0.2) is 13.3 Å². The fraction of sp³-hybridized carbons (Fsp3) is 0.789. The minimum atomic E-state index is -3.49. The Hall–Kier alpha value is -1.55. The Morgan fingerprint density at radius 3 is 1.85 bits per heavy atom. The summed E-state index contributed by atoms with van der Waals surface area (Å²) in [6.07, 6.45) is 16.5. The van der Waals surface area contributed by atoms with Crippen molar-refractivity contribution in [2.45, 2.75) is 84.0 Å². The molecule has 26 heavy (non-hydrogen) atoms. The van der Waals surface area contributed by atoms with Gasteiger partial charge in [0, 0.05) is 6.20 Å². The van der Waals surface area contributed by atoms with Crippen LogP contribution in [0, 0.1) is 6.57 Å². The molecule has 0 aromatic rings. The first-order chi connectivity index (χ1) is 12.4. The van der Waals surface area contributed by atoms with Gasteiger partial charge < -0.3 is 9.46 Å². The number of unbranched alkanes of at least 4 members (excludes halogenated alkanes) is 11. The van der Waals surface area contributed by atoms with Crippen molar-refractivity contribution in [3.05, 3.63) is 23.3 Å². The summed E-state index contributed by atoms with van der Waals surface area (Å²) in [5.41, 5.74) is -0.366. The highest BCUT2D eigenvalue weighted by Gasteiger charge is 2.12. The Kier molecular flexibility index (Phi) is 14.8. The van der Waals surface area contributed by atoms with E-state index in [4.69, 9.17) is 11.3 Å². The second kappa shape index (κ2) is 15.7. The molecule has 6 nitrogen and oxygen atoms in total. The highest BCUT2D eigenvalue weighted by molar-refractivity contribution is 7.88. The van der Waals surface area contributed by atoms with Crippen LogP contribution in [0.3, 0.4) is 0 Å². The molecule has 0 aliphatic rings. The van der Waals surface area contributed by atoms with Crippen LogP contribution in [0.2, 0.25) is 0 Å². The lowest BCUT2D eigenvalue weighted by Gasteiger charge is -2.05. The number of hydrogen-bond acceptors (Lipinski definition) is 4. The Morgan fingerprint density at radius 1 is 0.962 bits per heavy atom. The molecule has 0 aliphatic heterocycles. The summed E-state index contributed by atoms with van der Waals surface area (Å²) >= 11 is 0. The fourth-order valence-electron chi connectivity index (χ4n) is 2.48. The van der Waals surface area contributed by atoms with Crippen LogP contribution in [0.25, 0.3) is 4.85 Å². The van der Waals surface area contributed by atoms with Gasteiger partial charge in [-0.15, -0.1) is 0 Å². The summed E-state index contributed by atoms with van der Waals surface area (Å²) in [5.74, 6) is -0.792. The molecule has 0 bridgehead atoms.